The number of hydrogen-bond acceptors (Lipinski definition) is 0. The van der Waals surface area contributed by atoms with Crippen LogP contribution in [0.25, 0.3) is 0 Å². The molecule has 0 aromatic carbocycles. The van der Waals surface area contributed by atoms with Crippen molar-refractivity contribution in [2.24, 2.45) is 5.41 Å². The van der Waals surface area contributed by atoms with E-state index in [1.807, 2.05) is 0 Å². The molecule has 0 aliphatic heterocycles. The van der Waals surface area contributed by atoms with Crippen LogP contribution in [-0.4, -0.2) is 5.38 Å². The first-order valence-electron chi connectivity index (χ1n) is 4.95. The Bertz CT molecular complexity index is 126. The van der Waals surface area contributed by atoms with Crippen LogP contribution in [-0.2, 0) is 0 Å². The summed E-state index contributed by atoms with van der Waals surface area (Å²) in [6.45, 7) is 0. The Kier molecular flexibility index (Phi) is 2.14. The van der Waals surface area contributed by atoms with Crippen LogP contribution in [0.3, 0.4) is 0 Å². The zero-order valence-corrected chi connectivity index (χ0v) is 7.87. The molecule has 2 rings (SSSR count). The highest BCUT2D eigenvalue weighted by Gasteiger charge is 2.36. The predicted octanol–water partition coefficient (Wildman–Crippen LogP) is 3.73. The van der Waals surface area contributed by atoms with Crippen molar-refractivity contribution in [3.05, 3.63) is 0 Å². The Morgan fingerprint density at radius 2 is 1.45 bits per heavy atom. The van der Waals surface area contributed by atoms with E-state index in [4.69, 9.17) is 11.6 Å². The van der Waals surface area contributed by atoms with E-state index in [-0.39, 0.29) is 0 Å². The minimum atomic E-state index is 0.501. The van der Waals surface area contributed by atoms with Gasteiger partial charge in [-0.1, -0.05) is 12.8 Å². The largest absolute Gasteiger partial charge is 0.123 e. The van der Waals surface area contributed by atoms with E-state index >= 15 is 0 Å². The minimum Gasteiger partial charge on any atom is -0.123 e. The fourth-order valence-corrected chi connectivity index (χ4v) is 3.04. The third-order valence-corrected chi connectivity index (χ3v) is 4.08. The summed E-state index contributed by atoms with van der Waals surface area (Å²) in [7, 11) is 0. The van der Waals surface area contributed by atoms with E-state index in [9.17, 15) is 0 Å². The second kappa shape index (κ2) is 2.97. The summed E-state index contributed by atoms with van der Waals surface area (Å²) in [6.07, 6.45) is 11.3. The first-order valence-corrected chi connectivity index (χ1v) is 5.39. The van der Waals surface area contributed by atoms with Gasteiger partial charge in [-0.15, -0.1) is 11.6 Å². The maximum Gasteiger partial charge on any atom is 0.0336 e. The maximum atomic E-state index is 6.08. The Balaban J connectivity index is 1.94. The molecule has 1 spiro atoms. The first-order chi connectivity index (χ1) is 5.31. The average Bonchev–Trinajstić information content (AvgIpc) is 2.45. The number of rotatable bonds is 0. The summed E-state index contributed by atoms with van der Waals surface area (Å²) in [5.41, 5.74) is 0.769. The van der Waals surface area contributed by atoms with Crippen molar-refractivity contribution in [3.8, 4) is 0 Å². The third kappa shape index (κ3) is 1.56. The van der Waals surface area contributed by atoms with Crippen molar-refractivity contribution >= 4 is 11.6 Å². The summed E-state index contributed by atoms with van der Waals surface area (Å²) in [6, 6.07) is 0. The van der Waals surface area contributed by atoms with Gasteiger partial charge in [-0.3, -0.25) is 0 Å². The molecule has 0 saturated heterocycles. The lowest BCUT2D eigenvalue weighted by molar-refractivity contribution is 0.199. The van der Waals surface area contributed by atoms with Gasteiger partial charge in [0, 0.05) is 5.38 Å². The summed E-state index contributed by atoms with van der Waals surface area (Å²) in [5.74, 6) is 0. The van der Waals surface area contributed by atoms with Gasteiger partial charge in [-0.2, -0.15) is 0 Å². The Morgan fingerprint density at radius 1 is 0.909 bits per heavy atom. The van der Waals surface area contributed by atoms with Gasteiger partial charge in [0.05, 0.1) is 0 Å². The monoisotopic (exact) mass is 172 g/mol. The van der Waals surface area contributed by atoms with Crippen LogP contribution in [0, 0.1) is 5.41 Å². The zero-order chi connectivity index (χ0) is 7.73. The average molecular weight is 173 g/mol. The molecule has 2 fully saturated rings. The van der Waals surface area contributed by atoms with Gasteiger partial charge >= 0.3 is 0 Å². The number of alkyl halides is 1. The van der Waals surface area contributed by atoms with E-state index in [0.29, 0.717) is 5.38 Å². The van der Waals surface area contributed by atoms with E-state index in [1.54, 1.807) is 0 Å². The van der Waals surface area contributed by atoms with Gasteiger partial charge < -0.3 is 0 Å². The molecule has 0 radical (unpaired) electrons. The number of hydrogen-bond donors (Lipinski definition) is 0. The molecule has 1 heteroatoms. The first kappa shape index (κ1) is 7.91. The molecule has 2 aliphatic rings. The van der Waals surface area contributed by atoms with E-state index in [2.05, 4.69) is 0 Å². The van der Waals surface area contributed by atoms with Crippen molar-refractivity contribution in [2.45, 2.75) is 56.7 Å². The second-order valence-corrected chi connectivity index (χ2v) is 5.00. The topological polar surface area (TPSA) is 0 Å². The van der Waals surface area contributed by atoms with Gasteiger partial charge in [0.1, 0.15) is 0 Å². The standard InChI is InChI=1S/C10H17Cl/c11-9-3-7-10(8-4-9)5-1-2-6-10/h9H,1-8H2. The third-order valence-electron chi connectivity index (χ3n) is 3.64. The van der Waals surface area contributed by atoms with E-state index in [0.717, 1.165) is 5.41 Å². The normalized spacial score (nSPS) is 31.4. The van der Waals surface area contributed by atoms with Gasteiger partial charge in [-0.25, -0.2) is 0 Å². The Hall–Kier alpha value is 0.290. The summed E-state index contributed by atoms with van der Waals surface area (Å²) >= 11 is 6.08. The van der Waals surface area contributed by atoms with Crippen molar-refractivity contribution < 1.29 is 0 Å². The smallest absolute Gasteiger partial charge is 0.0336 e. The molecule has 0 heterocycles. The molecule has 0 aromatic heterocycles. The molecule has 0 N–H and O–H groups in total. The van der Waals surface area contributed by atoms with Gasteiger partial charge in [0.25, 0.3) is 0 Å². The number of halogens is 1. The van der Waals surface area contributed by atoms with Crippen molar-refractivity contribution in [2.75, 3.05) is 0 Å². The predicted molar refractivity (Wildman–Crippen MR) is 49.0 cm³/mol. The molecule has 0 aromatic rings. The van der Waals surface area contributed by atoms with Crippen molar-refractivity contribution in [1.82, 2.24) is 0 Å². The molecule has 0 unspecified atom stereocenters. The summed E-state index contributed by atoms with van der Waals surface area (Å²) in [5, 5.41) is 0.501. The molecule has 0 bridgehead atoms. The highest BCUT2D eigenvalue weighted by Crippen LogP contribution is 2.49. The zero-order valence-electron chi connectivity index (χ0n) is 7.11. The summed E-state index contributed by atoms with van der Waals surface area (Å²) < 4.78 is 0. The molecular weight excluding hydrogens is 156 g/mol. The van der Waals surface area contributed by atoms with Crippen LogP contribution in [0.1, 0.15) is 51.4 Å². The van der Waals surface area contributed by atoms with Crippen LogP contribution < -0.4 is 0 Å². The van der Waals surface area contributed by atoms with E-state index in [1.165, 1.54) is 51.4 Å². The minimum absolute atomic E-state index is 0.501. The maximum absolute atomic E-state index is 6.08. The lowest BCUT2D eigenvalue weighted by atomic mass is 9.73. The van der Waals surface area contributed by atoms with Crippen molar-refractivity contribution in [3.63, 3.8) is 0 Å². The molecule has 2 saturated carbocycles. The Morgan fingerprint density at radius 3 is 2.00 bits per heavy atom. The lowest BCUT2D eigenvalue weighted by Crippen LogP contribution is -2.24. The van der Waals surface area contributed by atoms with Crippen LogP contribution in [0.4, 0.5) is 0 Å². The van der Waals surface area contributed by atoms with Gasteiger partial charge in [-0.05, 0) is 43.9 Å². The highest BCUT2D eigenvalue weighted by atomic mass is 35.5. The summed E-state index contributed by atoms with van der Waals surface area (Å²) in [4.78, 5) is 0. The SMILES string of the molecule is ClC1CCC2(CCCC2)CC1. The molecule has 2 aliphatic carbocycles. The Labute approximate surface area is 74.3 Å². The molecular formula is C10H17Cl. The van der Waals surface area contributed by atoms with Crippen LogP contribution >= 0.6 is 11.6 Å². The molecule has 11 heavy (non-hydrogen) atoms. The van der Waals surface area contributed by atoms with Crippen molar-refractivity contribution in [1.29, 1.82) is 0 Å². The molecule has 0 atom stereocenters. The van der Waals surface area contributed by atoms with Crippen LogP contribution in [0.2, 0.25) is 0 Å². The van der Waals surface area contributed by atoms with E-state index < -0.39 is 0 Å². The van der Waals surface area contributed by atoms with Gasteiger partial charge in [0.2, 0.25) is 0 Å². The lowest BCUT2D eigenvalue weighted by Gasteiger charge is -2.35. The second-order valence-electron chi connectivity index (χ2n) is 4.38. The fourth-order valence-electron chi connectivity index (χ4n) is 2.82. The van der Waals surface area contributed by atoms with Gasteiger partial charge in [0.15, 0.2) is 0 Å². The molecule has 0 amide bonds. The molecule has 64 valence electrons. The fraction of sp³-hybridized carbons (Fsp3) is 1.00. The van der Waals surface area contributed by atoms with Crippen LogP contribution in [0.15, 0.2) is 0 Å². The van der Waals surface area contributed by atoms with Crippen LogP contribution in [0.5, 0.6) is 0 Å². The highest BCUT2D eigenvalue weighted by molar-refractivity contribution is 6.20. The quantitative estimate of drug-likeness (QED) is 0.489. The molecule has 0 nitrogen and oxygen atoms in total.